The minimum atomic E-state index is -0.736. The first-order valence-electron chi connectivity index (χ1n) is 8.67. The summed E-state index contributed by atoms with van der Waals surface area (Å²) in [5, 5.41) is 19.8. The second-order valence-electron chi connectivity index (χ2n) is 6.49. The molecule has 8 heteroatoms. The van der Waals surface area contributed by atoms with Crippen LogP contribution in [0.1, 0.15) is 29.4 Å². The number of amides is 1. The predicted molar refractivity (Wildman–Crippen MR) is 96.5 cm³/mol. The molecule has 1 saturated heterocycles. The van der Waals surface area contributed by atoms with E-state index in [0.717, 1.165) is 0 Å². The Labute approximate surface area is 155 Å². The average molecular weight is 374 g/mol. The molecule has 1 aromatic carbocycles. The summed E-state index contributed by atoms with van der Waals surface area (Å²) in [6.45, 7) is 3.02. The van der Waals surface area contributed by atoms with Gasteiger partial charge in [0.1, 0.15) is 11.5 Å². The molecular formula is C19H22N2O6. The number of hydrogen-bond acceptors (Lipinski definition) is 7. The van der Waals surface area contributed by atoms with Gasteiger partial charge < -0.3 is 25.1 Å². The average Bonchev–Trinajstić information content (AvgIpc) is 2.64. The fraction of sp³-hybridized carbons (Fsp3) is 0.368. The van der Waals surface area contributed by atoms with Crippen LogP contribution in [-0.2, 0) is 16.1 Å². The number of carbonyl (C=O) groups is 1. The fourth-order valence-corrected chi connectivity index (χ4v) is 3.12. The number of nitrogens with zero attached hydrogens (tertiary/aromatic N) is 1. The zero-order valence-electron chi connectivity index (χ0n) is 14.8. The van der Waals surface area contributed by atoms with Gasteiger partial charge in [0.25, 0.3) is 0 Å². The quantitative estimate of drug-likeness (QED) is 0.685. The van der Waals surface area contributed by atoms with Gasteiger partial charge in [-0.15, -0.1) is 0 Å². The lowest BCUT2D eigenvalue weighted by molar-refractivity contribution is -0.118. The maximum Gasteiger partial charge on any atom is 0.227 e. The highest BCUT2D eigenvalue weighted by Crippen LogP contribution is 2.33. The van der Waals surface area contributed by atoms with Crippen LogP contribution < -0.4 is 11.2 Å². The molecule has 4 N–H and O–H groups in total. The van der Waals surface area contributed by atoms with Crippen LogP contribution in [0.25, 0.3) is 0 Å². The normalized spacial score (nSPS) is 16.1. The number of rotatable bonds is 6. The van der Waals surface area contributed by atoms with E-state index in [4.69, 9.17) is 14.9 Å². The highest BCUT2D eigenvalue weighted by atomic mass is 16.5. The van der Waals surface area contributed by atoms with E-state index in [9.17, 15) is 19.8 Å². The van der Waals surface area contributed by atoms with Crippen molar-refractivity contribution in [3.05, 3.63) is 57.6 Å². The van der Waals surface area contributed by atoms with Crippen LogP contribution in [0.15, 0.2) is 39.5 Å². The van der Waals surface area contributed by atoms with Crippen molar-refractivity contribution >= 4 is 5.91 Å². The van der Waals surface area contributed by atoms with E-state index in [1.165, 1.54) is 18.2 Å². The van der Waals surface area contributed by atoms with Crippen LogP contribution in [0, 0.1) is 0 Å². The van der Waals surface area contributed by atoms with E-state index in [0.29, 0.717) is 44.2 Å². The van der Waals surface area contributed by atoms with Crippen LogP contribution in [0.4, 0.5) is 0 Å². The molecule has 27 heavy (non-hydrogen) atoms. The van der Waals surface area contributed by atoms with E-state index >= 15 is 0 Å². The smallest absolute Gasteiger partial charge is 0.227 e. The van der Waals surface area contributed by atoms with Gasteiger partial charge in [0.05, 0.1) is 25.7 Å². The van der Waals surface area contributed by atoms with Crippen LogP contribution in [0.3, 0.4) is 0 Å². The maximum atomic E-state index is 12.3. The second kappa shape index (κ2) is 8.24. The molecule has 1 amide bonds. The van der Waals surface area contributed by atoms with Crippen molar-refractivity contribution in [1.29, 1.82) is 0 Å². The van der Waals surface area contributed by atoms with Gasteiger partial charge in [0.2, 0.25) is 17.1 Å². The Kier molecular flexibility index (Phi) is 5.78. The van der Waals surface area contributed by atoms with Crippen molar-refractivity contribution in [2.75, 3.05) is 26.3 Å². The second-order valence-corrected chi connectivity index (χ2v) is 6.49. The summed E-state index contributed by atoms with van der Waals surface area (Å²) in [6, 6.07) is 7.35. The number of morpholine rings is 1. The lowest BCUT2D eigenvalue weighted by Crippen LogP contribution is -2.35. The summed E-state index contributed by atoms with van der Waals surface area (Å²) in [5.74, 6) is -1.43. The van der Waals surface area contributed by atoms with Crippen molar-refractivity contribution in [1.82, 2.24) is 4.90 Å². The van der Waals surface area contributed by atoms with E-state index in [-0.39, 0.29) is 17.9 Å². The number of benzene rings is 1. The number of primary amides is 1. The monoisotopic (exact) mass is 374 g/mol. The van der Waals surface area contributed by atoms with E-state index in [1.807, 2.05) is 0 Å². The van der Waals surface area contributed by atoms with E-state index in [2.05, 4.69) is 4.90 Å². The first-order valence-corrected chi connectivity index (χ1v) is 8.67. The molecule has 1 aliphatic rings. The van der Waals surface area contributed by atoms with Crippen molar-refractivity contribution < 1.29 is 24.2 Å². The number of hydrogen-bond donors (Lipinski definition) is 3. The zero-order chi connectivity index (χ0) is 19.4. The molecule has 1 aromatic heterocycles. The zero-order valence-corrected chi connectivity index (χ0v) is 14.8. The third-order valence-electron chi connectivity index (χ3n) is 4.50. The number of nitrogens with two attached hydrogens (primary N) is 1. The number of ether oxygens (including phenoxy) is 1. The van der Waals surface area contributed by atoms with Gasteiger partial charge in [0, 0.05) is 25.6 Å². The van der Waals surface area contributed by atoms with Crippen molar-refractivity contribution in [2.24, 2.45) is 5.73 Å². The highest BCUT2D eigenvalue weighted by molar-refractivity contribution is 5.75. The predicted octanol–water partition coefficient (Wildman–Crippen LogP) is 0.890. The van der Waals surface area contributed by atoms with Crippen molar-refractivity contribution in [3.63, 3.8) is 0 Å². The Hall–Kier alpha value is -2.84. The Balaban J connectivity index is 1.98. The lowest BCUT2D eigenvalue weighted by Gasteiger charge is -2.26. The van der Waals surface area contributed by atoms with Gasteiger partial charge in [-0.2, -0.15) is 0 Å². The Morgan fingerprint density at radius 1 is 1.19 bits per heavy atom. The molecule has 0 aliphatic carbocycles. The van der Waals surface area contributed by atoms with Gasteiger partial charge in [-0.1, -0.05) is 12.1 Å². The summed E-state index contributed by atoms with van der Waals surface area (Å²) in [5.41, 5.74) is 5.38. The molecule has 1 aliphatic heterocycles. The van der Waals surface area contributed by atoms with Gasteiger partial charge in [-0.05, 0) is 17.7 Å². The van der Waals surface area contributed by atoms with Gasteiger partial charge in [-0.3, -0.25) is 14.5 Å². The Morgan fingerprint density at radius 2 is 1.85 bits per heavy atom. The van der Waals surface area contributed by atoms with Crippen LogP contribution in [-0.4, -0.2) is 47.3 Å². The number of phenols is 1. The van der Waals surface area contributed by atoms with E-state index < -0.39 is 23.0 Å². The summed E-state index contributed by atoms with van der Waals surface area (Å²) in [4.78, 5) is 25.9. The molecule has 2 aromatic rings. The fourth-order valence-electron chi connectivity index (χ4n) is 3.12. The minimum absolute atomic E-state index is 0.00440. The van der Waals surface area contributed by atoms with Crippen LogP contribution >= 0.6 is 0 Å². The molecular weight excluding hydrogens is 352 g/mol. The van der Waals surface area contributed by atoms with Crippen LogP contribution in [0.5, 0.6) is 11.5 Å². The largest absolute Gasteiger partial charge is 0.508 e. The standard InChI is InChI=1S/C19H22N2O6/c20-17(24)10-15(12-1-3-13(22)4-2-12)19-18(25)16(23)9-14(27-19)11-21-5-7-26-8-6-21/h1-4,9,15,22,25H,5-8,10-11H2,(H2,20,24)/t15-/m0/s1. The summed E-state index contributed by atoms with van der Waals surface area (Å²) in [7, 11) is 0. The lowest BCUT2D eigenvalue weighted by atomic mass is 9.92. The summed E-state index contributed by atoms with van der Waals surface area (Å²) < 4.78 is 11.1. The number of carbonyl (C=O) groups excluding carboxylic acids is 1. The van der Waals surface area contributed by atoms with Crippen molar-refractivity contribution in [3.8, 4) is 11.5 Å². The van der Waals surface area contributed by atoms with E-state index in [1.54, 1.807) is 12.1 Å². The highest BCUT2D eigenvalue weighted by Gasteiger charge is 2.26. The van der Waals surface area contributed by atoms with Gasteiger partial charge in [-0.25, -0.2) is 0 Å². The molecule has 1 atom stereocenters. The molecule has 0 bridgehead atoms. The molecule has 144 valence electrons. The third-order valence-corrected chi connectivity index (χ3v) is 4.50. The topological polar surface area (TPSA) is 126 Å². The Morgan fingerprint density at radius 3 is 2.48 bits per heavy atom. The van der Waals surface area contributed by atoms with Crippen LogP contribution in [0.2, 0.25) is 0 Å². The number of phenolic OH excluding ortho intramolecular Hbond substituents is 1. The van der Waals surface area contributed by atoms with Gasteiger partial charge in [0.15, 0.2) is 5.76 Å². The first kappa shape index (κ1) is 18.9. The van der Waals surface area contributed by atoms with Gasteiger partial charge >= 0.3 is 0 Å². The first-order chi connectivity index (χ1) is 12.9. The summed E-state index contributed by atoms with van der Waals surface area (Å²) in [6.07, 6.45) is -0.151. The molecule has 0 unspecified atom stereocenters. The molecule has 1 fully saturated rings. The van der Waals surface area contributed by atoms with Crippen molar-refractivity contribution in [2.45, 2.75) is 18.9 Å². The maximum absolute atomic E-state index is 12.3. The third kappa shape index (κ3) is 4.66. The molecule has 0 saturated carbocycles. The number of aromatic hydroxyl groups is 2. The Bertz CT molecular complexity index is 855. The molecule has 2 heterocycles. The molecule has 3 rings (SSSR count). The molecule has 0 spiro atoms. The molecule has 8 nitrogen and oxygen atoms in total. The summed E-state index contributed by atoms with van der Waals surface area (Å²) >= 11 is 0. The SMILES string of the molecule is NC(=O)C[C@@H](c1ccc(O)cc1)c1oc(CN2CCOCC2)cc(=O)c1O. The minimum Gasteiger partial charge on any atom is -0.508 e. The molecule has 0 radical (unpaired) electrons.